The van der Waals surface area contributed by atoms with Gasteiger partial charge in [0.15, 0.2) is 0 Å². The Morgan fingerprint density at radius 3 is 2.90 bits per heavy atom. The molecule has 0 radical (unpaired) electrons. The molecule has 20 heavy (non-hydrogen) atoms. The van der Waals surface area contributed by atoms with Crippen molar-refractivity contribution in [3.8, 4) is 0 Å². The molecule has 0 saturated carbocycles. The number of nitrogens with zero attached hydrogens (tertiary/aromatic N) is 1. The summed E-state index contributed by atoms with van der Waals surface area (Å²) >= 11 is 5.94. The third kappa shape index (κ3) is 3.64. The molecule has 2 unspecified atom stereocenters. The Kier molecular flexibility index (Phi) is 5.26. The Hall–Kier alpha value is -1.26. The fraction of sp³-hybridized carbons (Fsp3) is 0.533. The molecule has 2 N–H and O–H groups in total. The highest BCUT2D eigenvalue weighted by atomic mass is 35.5. The SMILES string of the molecule is CCC1CN(C(=O)Nc2cccc(Cl)c2)C(CC)CN1. The Balaban J connectivity index is 2.05. The smallest absolute Gasteiger partial charge is 0.319 e. The quantitative estimate of drug-likeness (QED) is 0.898. The van der Waals surface area contributed by atoms with Gasteiger partial charge < -0.3 is 15.5 Å². The Labute approximate surface area is 125 Å². The fourth-order valence-electron chi connectivity index (χ4n) is 2.51. The summed E-state index contributed by atoms with van der Waals surface area (Å²) in [5.41, 5.74) is 0.740. The molecular weight excluding hydrogens is 274 g/mol. The van der Waals surface area contributed by atoms with Gasteiger partial charge in [0.1, 0.15) is 0 Å². The molecule has 2 atom stereocenters. The van der Waals surface area contributed by atoms with E-state index in [2.05, 4.69) is 24.5 Å². The highest BCUT2D eigenvalue weighted by molar-refractivity contribution is 6.30. The van der Waals surface area contributed by atoms with E-state index >= 15 is 0 Å². The molecule has 0 aliphatic carbocycles. The first kappa shape index (κ1) is 15.1. The van der Waals surface area contributed by atoms with Gasteiger partial charge in [0.05, 0.1) is 0 Å². The number of urea groups is 1. The number of amides is 2. The molecule has 2 rings (SSSR count). The molecule has 1 aliphatic rings. The summed E-state index contributed by atoms with van der Waals surface area (Å²) in [5.74, 6) is 0. The normalized spacial score (nSPS) is 22.6. The van der Waals surface area contributed by atoms with Crippen LogP contribution in [0, 0.1) is 0 Å². The molecule has 1 aromatic rings. The van der Waals surface area contributed by atoms with E-state index in [0.717, 1.165) is 31.6 Å². The second kappa shape index (κ2) is 6.95. The zero-order valence-electron chi connectivity index (χ0n) is 12.0. The zero-order valence-corrected chi connectivity index (χ0v) is 12.8. The van der Waals surface area contributed by atoms with Gasteiger partial charge in [-0.3, -0.25) is 0 Å². The van der Waals surface area contributed by atoms with Crippen LogP contribution in [0.5, 0.6) is 0 Å². The second-order valence-corrected chi connectivity index (χ2v) is 5.60. The predicted octanol–water partition coefficient (Wildman–Crippen LogP) is 3.33. The number of hydrogen-bond donors (Lipinski definition) is 2. The van der Waals surface area contributed by atoms with Crippen LogP contribution in [-0.4, -0.2) is 36.1 Å². The van der Waals surface area contributed by atoms with Crippen LogP contribution in [0.15, 0.2) is 24.3 Å². The number of piperazine rings is 1. The number of rotatable bonds is 3. The minimum absolute atomic E-state index is 0.0425. The maximum Gasteiger partial charge on any atom is 0.322 e. The van der Waals surface area contributed by atoms with E-state index in [4.69, 9.17) is 11.6 Å². The van der Waals surface area contributed by atoms with Crippen molar-refractivity contribution >= 4 is 23.3 Å². The lowest BCUT2D eigenvalue weighted by atomic mass is 10.1. The van der Waals surface area contributed by atoms with Gasteiger partial charge in [0, 0.05) is 35.9 Å². The van der Waals surface area contributed by atoms with Crippen LogP contribution in [0.25, 0.3) is 0 Å². The molecule has 1 heterocycles. The van der Waals surface area contributed by atoms with Gasteiger partial charge in [-0.25, -0.2) is 4.79 Å². The van der Waals surface area contributed by atoms with Crippen LogP contribution in [-0.2, 0) is 0 Å². The first-order valence-corrected chi connectivity index (χ1v) is 7.58. The van der Waals surface area contributed by atoms with Crippen molar-refractivity contribution in [1.82, 2.24) is 10.2 Å². The van der Waals surface area contributed by atoms with E-state index in [0.29, 0.717) is 11.1 Å². The maximum atomic E-state index is 12.5. The molecule has 1 aromatic carbocycles. The minimum atomic E-state index is -0.0425. The molecule has 1 saturated heterocycles. The van der Waals surface area contributed by atoms with E-state index in [1.54, 1.807) is 12.1 Å². The number of carbonyl (C=O) groups excluding carboxylic acids is 1. The van der Waals surface area contributed by atoms with E-state index in [1.165, 1.54) is 0 Å². The monoisotopic (exact) mass is 295 g/mol. The molecule has 1 aliphatic heterocycles. The highest BCUT2D eigenvalue weighted by Gasteiger charge is 2.29. The van der Waals surface area contributed by atoms with Crippen LogP contribution >= 0.6 is 11.6 Å². The van der Waals surface area contributed by atoms with Crippen LogP contribution in [0.2, 0.25) is 5.02 Å². The van der Waals surface area contributed by atoms with Gasteiger partial charge in [-0.2, -0.15) is 0 Å². The number of hydrogen-bond acceptors (Lipinski definition) is 2. The van der Waals surface area contributed by atoms with Crippen molar-refractivity contribution in [3.63, 3.8) is 0 Å². The summed E-state index contributed by atoms with van der Waals surface area (Å²) in [7, 11) is 0. The summed E-state index contributed by atoms with van der Waals surface area (Å²) in [6.07, 6.45) is 1.98. The van der Waals surface area contributed by atoms with Gasteiger partial charge in [-0.15, -0.1) is 0 Å². The van der Waals surface area contributed by atoms with E-state index in [9.17, 15) is 4.79 Å². The summed E-state index contributed by atoms with van der Waals surface area (Å²) < 4.78 is 0. The Morgan fingerprint density at radius 2 is 2.25 bits per heavy atom. The number of halogens is 1. The average Bonchev–Trinajstić information content (AvgIpc) is 2.46. The van der Waals surface area contributed by atoms with Gasteiger partial charge in [-0.1, -0.05) is 31.5 Å². The van der Waals surface area contributed by atoms with Crippen molar-refractivity contribution in [2.45, 2.75) is 38.8 Å². The molecule has 0 bridgehead atoms. The lowest BCUT2D eigenvalue weighted by Crippen LogP contribution is -2.58. The lowest BCUT2D eigenvalue weighted by molar-refractivity contribution is 0.147. The number of anilines is 1. The van der Waals surface area contributed by atoms with Crippen LogP contribution in [0.1, 0.15) is 26.7 Å². The predicted molar refractivity (Wildman–Crippen MR) is 83.3 cm³/mol. The van der Waals surface area contributed by atoms with E-state index < -0.39 is 0 Å². The fourth-order valence-corrected chi connectivity index (χ4v) is 2.70. The summed E-state index contributed by atoms with van der Waals surface area (Å²) in [5, 5.41) is 7.05. The van der Waals surface area contributed by atoms with Gasteiger partial charge >= 0.3 is 6.03 Å². The van der Waals surface area contributed by atoms with Crippen molar-refractivity contribution in [2.75, 3.05) is 18.4 Å². The molecule has 0 spiro atoms. The minimum Gasteiger partial charge on any atom is -0.319 e. The summed E-state index contributed by atoms with van der Waals surface area (Å²) in [4.78, 5) is 14.4. The van der Waals surface area contributed by atoms with E-state index in [-0.39, 0.29) is 12.1 Å². The van der Waals surface area contributed by atoms with Gasteiger partial charge in [0.2, 0.25) is 0 Å². The van der Waals surface area contributed by atoms with Crippen LogP contribution in [0.4, 0.5) is 10.5 Å². The molecule has 1 fully saturated rings. The standard InChI is InChI=1S/C15H22ClN3O/c1-3-12-10-19(14(4-2)9-17-12)15(20)18-13-7-5-6-11(16)8-13/h5-8,12,14,17H,3-4,9-10H2,1-2H3,(H,18,20). The van der Waals surface area contributed by atoms with Crippen molar-refractivity contribution in [3.05, 3.63) is 29.3 Å². The Morgan fingerprint density at radius 1 is 1.45 bits per heavy atom. The maximum absolute atomic E-state index is 12.5. The van der Waals surface area contributed by atoms with Crippen LogP contribution in [0.3, 0.4) is 0 Å². The zero-order chi connectivity index (χ0) is 14.5. The molecular formula is C15H22ClN3O. The number of carbonyl (C=O) groups is 1. The second-order valence-electron chi connectivity index (χ2n) is 5.17. The summed E-state index contributed by atoms with van der Waals surface area (Å²) in [6.45, 7) is 5.86. The molecule has 0 aromatic heterocycles. The molecule has 2 amide bonds. The van der Waals surface area contributed by atoms with Crippen molar-refractivity contribution in [1.29, 1.82) is 0 Å². The topological polar surface area (TPSA) is 44.4 Å². The number of nitrogens with one attached hydrogen (secondary N) is 2. The van der Waals surface area contributed by atoms with Crippen LogP contribution < -0.4 is 10.6 Å². The highest BCUT2D eigenvalue weighted by Crippen LogP contribution is 2.18. The first-order valence-electron chi connectivity index (χ1n) is 7.20. The van der Waals surface area contributed by atoms with Crippen molar-refractivity contribution in [2.24, 2.45) is 0 Å². The number of benzene rings is 1. The average molecular weight is 296 g/mol. The Bertz CT molecular complexity index is 466. The molecule has 5 heteroatoms. The van der Waals surface area contributed by atoms with E-state index in [1.807, 2.05) is 17.0 Å². The molecule has 4 nitrogen and oxygen atoms in total. The van der Waals surface area contributed by atoms with Gasteiger partial charge in [-0.05, 0) is 31.0 Å². The third-order valence-electron chi connectivity index (χ3n) is 3.80. The summed E-state index contributed by atoms with van der Waals surface area (Å²) in [6, 6.07) is 7.83. The lowest BCUT2D eigenvalue weighted by Gasteiger charge is -2.39. The molecule has 110 valence electrons. The first-order chi connectivity index (χ1) is 9.63. The largest absolute Gasteiger partial charge is 0.322 e. The van der Waals surface area contributed by atoms with Crippen molar-refractivity contribution < 1.29 is 4.79 Å². The third-order valence-corrected chi connectivity index (χ3v) is 4.04. The van der Waals surface area contributed by atoms with Gasteiger partial charge in [0.25, 0.3) is 0 Å².